The quantitative estimate of drug-likeness (QED) is 0.788. The Morgan fingerprint density at radius 2 is 2.25 bits per heavy atom. The highest BCUT2D eigenvalue weighted by atomic mass is 32.1. The van der Waals surface area contributed by atoms with E-state index >= 15 is 0 Å². The number of nitrogens with zero attached hydrogens (tertiary/aromatic N) is 1. The summed E-state index contributed by atoms with van der Waals surface area (Å²) in [6, 6.07) is 5.80. The van der Waals surface area contributed by atoms with Crippen LogP contribution < -0.4 is 10.5 Å². The van der Waals surface area contributed by atoms with E-state index < -0.39 is 6.10 Å². The van der Waals surface area contributed by atoms with Crippen LogP contribution in [0.2, 0.25) is 0 Å². The number of benzene rings is 1. The lowest BCUT2D eigenvalue weighted by atomic mass is 9.93. The molecule has 1 aromatic carbocycles. The van der Waals surface area contributed by atoms with Crippen molar-refractivity contribution in [2.24, 2.45) is 0 Å². The molecule has 0 saturated carbocycles. The predicted octanol–water partition coefficient (Wildman–Crippen LogP) is 1.22. The first-order valence-electron chi connectivity index (χ1n) is 6.47. The molecule has 0 aliphatic heterocycles. The second kappa shape index (κ2) is 5.40. The molecule has 0 amide bonds. The van der Waals surface area contributed by atoms with Crippen molar-refractivity contribution < 1.29 is 14.9 Å². The average Bonchev–Trinajstić information content (AvgIpc) is 2.85. The topological polar surface area (TPSA) is 88.6 Å². The van der Waals surface area contributed by atoms with E-state index in [1.807, 2.05) is 18.2 Å². The Morgan fingerprint density at radius 1 is 1.40 bits per heavy atom. The minimum atomic E-state index is -0.851. The standard InChI is InChI=1S/C14H16N2O3S/c15-14-16-13-11-3-2-10(19-7-9(18)6-17)5-8(11)1-4-12(13)20-14/h2-3,5,9,17-18H,1,4,6-7H2,(H2,15,16). The van der Waals surface area contributed by atoms with Crippen molar-refractivity contribution in [3.05, 3.63) is 28.6 Å². The highest BCUT2D eigenvalue weighted by Gasteiger charge is 2.20. The fourth-order valence-corrected chi connectivity index (χ4v) is 3.19. The van der Waals surface area contributed by atoms with E-state index in [1.165, 1.54) is 10.4 Å². The van der Waals surface area contributed by atoms with Crippen LogP contribution in [-0.2, 0) is 12.8 Å². The molecular formula is C14H16N2O3S. The lowest BCUT2D eigenvalue weighted by Crippen LogP contribution is -2.21. The molecule has 5 nitrogen and oxygen atoms in total. The molecule has 6 heteroatoms. The smallest absolute Gasteiger partial charge is 0.180 e. The van der Waals surface area contributed by atoms with Crippen molar-refractivity contribution in [2.75, 3.05) is 18.9 Å². The molecule has 0 spiro atoms. The molecule has 2 aromatic rings. The molecule has 20 heavy (non-hydrogen) atoms. The summed E-state index contributed by atoms with van der Waals surface area (Å²) >= 11 is 1.55. The minimum Gasteiger partial charge on any atom is -0.491 e. The molecule has 0 bridgehead atoms. The Morgan fingerprint density at radius 3 is 3.05 bits per heavy atom. The molecule has 1 aliphatic carbocycles. The van der Waals surface area contributed by atoms with Crippen molar-refractivity contribution in [1.82, 2.24) is 4.98 Å². The number of aliphatic hydroxyl groups is 2. The van der Waals surface area contributed by atoms with Gasteiger partial charge in [0.15, 0.2) is 5.13 Å². The predicted molar refractivity (Wildman–Crippen MR) is 78.0 cm³/mol. The molecule has 1 atom stereocenters. The summed E-state index contributed by atoms with van der Waals surface area (Å²) in [5.41, 5.74) is 9.04. The normalized spacial score (nSPS) is 14.5. The zero-order valence-corrected chi connectivity index (χ0v) is 11.7. The van der Waals surface area contributed by atoms with E-state index in [1.54, 1.807) is 11.3 Å². The summed E-state index contributed by atoms with van der Waals surface area (Å²) in [4.78, 5) is 5.63. The molecule has 0 fully saturated rings. The third-order valence-corrected chi connectivity index (χ3v) is 4.26. The van der Waals surface area contributed by atoms with Gasteiger partial charge in [-0.05, 0) is 36.6 Å². The summed E-state index contributed by atoms with van der Waals surface area (Å²) < 4.78 is 5.47. The third kappa shape index (κ3) is 2.49. The van der Waals surface area contributed by atoms with Crippen LogP contribution >= 0.6 is 11.3 Å². The highest BCUT2D eigenvalue weighted by Crippen LogP contribution is 2.38. The molecule has 106 valence electrons. The molecule has 3 rings (SSSR count). The van der Waals surface area contributed by atoms with E-state index in [9.17, 15) is 5.11 Å². The van der Waals surface area contributed by atoms with Gasteiger partial charge in [-0.25, -0.2) is 4.98 Å². The number of rotatable bonds is 4. The SMILES string of the molecule is Nc1nc2c(s1)CCc1cc(OCC(O)CO)ccc1-2. The zero-order chi connectivity index (χ0) is 14.1. The Balaban J connectivity index is 1.84. The highest BCUT2D eigenvalue weighted by molar-refractivity contribution is 7.15. The van der Waals surface area contributed by atoms with E-state index in [2.05, 4.69) is 4.98 Å². The van der Waals surface area contributed by atoms with Crippen LogP contribution in [0.15, 0.2) is 18.2 Å². The maximum absolute atomic E-state index is 9.29. The van der Waals surface area contributed by atoms with Crippen LogP contribution in [0.5, 0.6) is 5.75 Å². The van der Waals surface area contributed by atoms with Crippen LogP contribution in [0.1, 0.15) is 10.4 Å². The number of fused-ring (bicyclic) bond motifs is 3. The fourth-order valence-electron chi connectivity index (χ4n) is 2.34. The van der Waals surface area contributed by atoms with Gasteiger partial charge in [-0.15, -0.1) is 11.3 Å². The van der Waals surface area contributed by atoms with Crippen LogP contribution in [0.3, 0.4) is 0 Å². The maximum Gasteiger partial charge on any atom is 0.180 e. The summed E-state index contributed by atoms with van der Waals surface area (Å²) in [5.74, 6) is 0.697. The monoisotopic (exact) mass is 292 g/mol. The molecule has 1 aliphatic rings. The first-order valence-corrected chi connectivity index (χ1v) is 7.29. The molecule has 1 aromatic heterocycles. The lowest BCUT2D eigenvalue weighted by molar-refractivity contribution is 0.0536. The molecule has 1 unspecified atom stereocenters. The summed E-state index contributed by atoms with van der Waals surface area (Å²) in [7, 11) is 0. The number of ether oxygens (including phenoxy) is 1. The van der Waals surface area contributed by atoms with Crippen molar-refractivity contribution in [2.45, 2.75) is 18.9 Å². The molecular weight excluding hydrogens is 276 g/mol. The summed E-state index contributed by atoms with van der Waals surface area (Å²) in [6.45, 7) is -0.212. The molecule has 0 radical (unpaired) electrons. The molecule has 1 heterocycles. The number of hydrogen-bond donors (Lipinski definition) is 3. The van der Waals surface area contributed by atoms with Crippen molar-refractivity contribution in [3.8, 4) is 17.0 Å². The number of anilines is 1. The van der Waals surface area contributed by atoms with E-state index in [0.29, 0.717) is 10.9 Å². The fraction of sp³-hybridized carbons (Fsp3) is 0.357. The first kappa shape index (κ1) is 13.4. The number of aryl methyl sites for hydroxylation is 2. The Labute approximate surface area is 120 Å². The largest absolute Gasteiger partial charge is 0.491 e. The van der Waals surface area contributed by atoms with Gasteiger partial charge in [-0.3, -0.25) is 0 Å². The van der Waals surface area contributed by atoms with Gasteiger partial charge in [-0.2, -0.15) is 0 Å². The molecule has 0 saturated heterocycles. The average molecular weight is 292 g/mol. The Bertz CT molecular complexity index is 627. The summed E-state index contributed by atoms with van der Waals surface area (Å²) in [5, 5.41) is 18.7. The third-order valence-electron chi connectivity index (χ3n) is 3.32. The number of hydrogen-bond acceptors (Lipinski definition) is 6. The molecule has 4 N–H and O–H groups in total. The van der Waals surface area contributed by atoms with Gasteiger partial charge in [0.2, 0.25) is 0 Å². The summed E-state index contributed by atoms with van der Waals surface area (Å²) in [6.07, 6.45) is 1.03. The van der Waals surface area contributed by atoms with Crippen molar-refractivity contribution >= 4 is 16.5 Å². The van der Waals surface area contributed by atoms with Crippen LogP contribution in [0, 0.1) is 0 Å². The van der Waals surface area contributed by atoms with Crippen LogP contribution in [-0.4, -0.2) is 34.5 Å². The van der Waals surface area contributed by atoms with Crippen LogP contribution in [0.4, 0.5) is 5.13 Å². The second-order valence-corrected chi connectivity index (χ2v) is 5.91. The van der Waals surface area contributed by atoms with Gasteiger partial charge < -0.3 is 20.7 Å². The lowest BCUT2D eigenvalue weighted by Gasteiger charge is -2.17. The van der Waals surface area contributed by atoms with E-state index in [0.717, 1.165) is 24.1 Å². The van der Waals surface area contributed by atoms with Gasteiger partial charge in [0.25, 0.3) is 0 Å². The number of nitrogen functional groups attached to an aromatic ring is 1. The van der Waals surface area contributed by atoms with E-state index in [4.69, 9.17) is 15.6 Å². The van der Waals surface area contributed by atoms with Gasteiger partial charge in [0, 0.05) is 10.4 Å². The zero-order valence-electron chi connectivity index (χ0n) is 10.9. The second-order valence-electron chi connectivity index (χ2n) is 4.79. The van der Waals surface area contributed by atoms with Gasteiger partial charge >= 0.3 is 0 Å². The van der Waals surface area contributed by atoms with Gasteiger partial charge in [0.05, 0.1) is 12.3 Å². The Kier molecular flexibility index (Phi) is 3.60. The van der Waals surface area contributed by atoms with E-state index in [-0.39, 0.29) is 13.2 Å². The van der Waals surface area contributed by atoms with Crippen molar-refractivity contribution in [3.63, 3.8) is 0 Å². The Hall–Kier alpha value is -1.63. The number of nitrogens with two attached hydrogens (primary N) is 1. The van der Waals surface area contributed by atoms with Crippen molar-refractivity contribution in [1.29, 1.82) is 0 Å². The minimum absolute atomic E-state index is 0.0875. The number of aliphatic hydroxyl groups excluding tert-OH is 2. The maximum atomic E-state index is 9.29. The first-order chi connectivity index (χ1) is 9.67. The van der Waals surface area contributed by atoms with Crippen LogP contribution in [0.25, 0.3) is 11.3 Å². The van der Waals surface area contributed by atoms with Gasteiger partial charge in [-0.1, -0.05) is 0 Å². The number of aromatic nitrogens is 1. The number of thiazole rings is 1. The van der Waals surface area contributed by atoms with Gasteiger partial charge in [0.1, 0.15) is 18.5 Å².